The highest BCUT2D eigenvalue weighted by Gasteiger charge is 2.55. The van der Waals surface area contributed by atoms with Crippen molar-refractivity contribution in [3.05, 3.63) is 40.6 Å². The minimum Gasteiger partial charge on any atom is -0.509 e. The van der Waals surface area contributed by atoms with Crippen LogP contribution in [0.15, 0.2) is 24.0 Å². The van der Waals surface area contributed by atoms with Gasteiger partial charge in [0.15, 0.2) is 0 Å². The van der Waals surface area contributed by atoms with Crippen molar-refractivity contribution in [1.82, 2.24) is 10.1 Å². The summed E-state index contributed by atoms with van der Waals surface area (Å²) in [4.78, 5) is 24.4. The van der Waals surface area contributed by atoms with Gasteiger partial charge in [0.25, 0.3) is 5.91 Å². The van der Waals surface area contributed by atoms with Crippen molar-refractivity contribution in [1.29, 1.82) is 0 Å². The van der Waals surface area contributed by atoms with Gasteiger partial charge in [-0.2, -0.15) is 5.06 Å². The lowest BCUT2D eigenvalue weighted by Gasteiger charge is -2.42. The van der Waals surface area contributed by atoms with Crippen molar-refractivity contribution in [3.8, 4) is 0 Å². The molecule has 2 aliphatic heterocycles. The fraction of sp³-hybridized carbons (Fsp3) is 0.550. The van der Waals surface area contributed by atoms with Gasteiger partial charge in [0.2, 0.25) is 0 Å². The highest BCUT2D eigenvalue weighted by Crippen LogP contribution is 2.45. The third-order valence-electron chi connectivity index (χ3n) is 5.44. The summed E-state index contributed by atoms with van der Waals surface area (Å²) in [5, 5.41) is 14.4. The van der Waals surface area contributed by atoms with Crippen LogP contribution in [0, 0.1) is 13.8 Å². The Balaban J connectivity index is 2.02. The van der Waals surface area contributed by atoms with Gasteiger partial charge in [0.05, 0.1) is 25.9 Å². The summed E-state index contributed by atoms with van der Waals surface area (Å²) >= 11 is 0. The number of nitrogens with zero attached hydrogens (tertiary/aromatic N) is 2. The maximum absolute atomic E-state index is 13.3. The van der Waals surface area contributed by atoms with Crippen LogP contribution in [-0.4, -0.2) is 67.2 Å². The Bertz CT molecular complexity index is 738. The molecule has 2 aliphatic rings. The van der Waals surface area contributed by atoms with Crippen LogP contribution in [-0.2, 0) is 19.2 Å². The summed E-state index contributed by atoms with van der Waals surface area (Å²) in [5.74, 6) is -0.211. The Morgan fingerprint density at radius 3 is 2.48 bits per heavy atom. The maximum Gasteiger partial charge on any atom is 0.282 e. The molecule has 0 unspecified atom stereocenters. The Morgan fingerprint density at radius 1 is 1.15 bits per heavy atom. The van der Waals surface area contributed by atoms with Gasteiger partial charge in [-0.15, -0.1) is 0 Å². The zero-order chi connectivity index (χ0) is 19.6. The van der Waals surface area contributed by atoms with E-state index in [2.05, 4.69) is 0 Å². The fourth-order valence-electron chi connectivity index (χ4n) is 3.85. The minimum absolute atomic E-state index is 0.0920. The number of aryl methyl sites for hydroxylation is 2. The van der Waals surface area contributed by atoms with Gasteiger partial charge in [-0.05, 0) is 37.8 Å². The predicted molar refractivity (Wildman–Crippen MR) is 101 cm³/mol. The number of aliphatic hydroxyl groups excluding tert-OH is 1. The molecule has 1 saturated heterocycles. The van der Waals surface area contributed by atoms with E-state index < -0.39 is 5.54 Å². The number of hydroxylamine groups is 4. The van der Waals surface area contributed by atoms with E-state index in [-0.39, 0.29) is 18.3 Å². The van der Waals surface area contributed by atoms with Crippen molar-refractivity contribution in [2.45, 2.75) is 32.2 Å². The molecule has 0 aliphatic carbocycles. The van der Waals surface area contributed by atoms with Crippen LogP contribution < -0.4 is 0 Å². The summed E-state index contributed by atoms with van der Waals surface area (Å²) in [6.45, 7) is 5.71. The van der Waals surface area contributed by atoms with Crippen molar-refractivity contribution in [2.24, 2.45) is 0 Å². The van der Waals surface area contributed by atoms with Crippen LogP contribution in [0.4, 0.5) is 0 Å². The van der Waals surface area contributed by atoms with Crippen LogP contribution in [0.25, 0.3) is 5.57 Å². The molecule has 0 bridgehead atoms. The number of carbonyl (C=O) groups excluding carboxylic acids is 1. The average molecular weight is 376 g/mol. The molecule has 0 radical (unpaired) electrons. The summed E-state index contributed by atoms with van der Waals surface area (Å²) in [6.07, 6.45) is 1.06. The third kappa shape index (κ3) is 3.48. The average Bonchev–Trinajstić information content (AvgIpc) is 2.86. The number of piperidine rings is 1. The Hall–Kier alpha value is -1.93. The molecule has 2 heterocycles. The molecule has 1 aromatic carbocycles. The lowest BCUT2D eigenvalue weighted by atomic mass is 9.85. The molecule has 1 amide bonds. The third-order valence-corrected chi connectivity index (χ3v) is 5.44. The molecule has 0 atom stereocenters. The molecular formula is C20H28N2O5. The number of benzene rings is 1. The molecule has 7 heteroatoms. The van der Waals surface area contributed by atoms with E-state index in [1.54, 1.807) is 14.2 Å². The van der Waals surface area contributed by atoms with Crippen LogP contribution in [0.3, 0.4) is 0 Å². The van der Waals surface area contributed by atoms with Crippen molar-refractivity contribution in [2.75, 3.05) is 40.5 Å². The van der Waals surface area contributed by atoms with E-state index in [0.717, 1.165) is 16.7 Å². The van der Waals surface area contributed by atoms with Crippen molar-refractivity contribution >= 4 is 11.5 Å². The largest absolute Gasteiger partial charge is 0.509 e. The molecule has 0 aromatic heterocycles. The smallest absolute Gasteiger partial charge is 0.282 e. The number of aliphatic hydroxyl groups is 1. The predicted octanol–water partition coefficient (Wildman–Crippen LogP) is 2.39. The normalized spacial score (nSPS) is 20.1. The standard InChI is InChI=1S/C20H28N2O5/c1-14-5-6-15(2)16(13-14)17-18(23)20(7-9-21(26-4)10-8-20)22(19(17)24)27-12-11-25-3/h5-6,13,23H,7-12H2,1-4H3. The second-order valence-corrected chi connectivity index (χ2v) is 7.11. The van der Waals surface area contributed by atoms with E-state index in [1.807, 2.05) is 37.1 Å². The monoisotopic (exact) mass is 376 g/mol. The molecule has 1 fully saturated rings. The quantitative estimate of drug-likeness (QED) is 0.769. The molecule has 1 N–H and O–H groups in total. The zero-order valence-electron chi connectivity index (χ0n) is 16.4. The summed E-state index contributed by atoms with van der Waals surface area (Å²) in [7, 11) is 3.21. The van der Waals surface area contributed by atoms with E-state index in [1.165, 1.54) is 5.06 Å². The Kier molecular flexibility index (Phi) is 5.86. The summed E-state index contributed by atoms with van der Waals surface area (Å²) in [6, 6.07) is 5.90. The van der Waals surface area contributed by atoms with Gasteiger partial charge in [-0.25, -0.2) is 5.06 Å². The first kappa shape index (κ1) is 19.8. The fourth-order valence-corrected chi connectivity index (χ4v) is 3.85. The topological polar surface area (TPSA) is 71.5 Å². The lowest BCUT2D eigenvalue weighted by Crippen LogP contribution is -2.55. The Morgan fingerprint density at radius 2 is 1.85 bits per heavy atom. The molecule has 1 aromatic rings. The first-order valence-electron chi connectivity index (χ1n) is 9.21. The first-order chi connectivity index (χ1) is 12.9. The second kappa shape index (κ2) is 7.98. The Labute approximate surface area is 160 Å². The molecule has 7 nitrogen and oxygen atoms in total. The molecule has 1 spiro atoms. The first-order valence-corrected chi connectivity index (χ1v) is 9.21. The number of ether oxygens (including phenoxy) is 1. The van der Waals surface area contributed by atoms with Gasteiger partial charge in [0.1, 0.15) is 11.3 Å². The summed E-state index contributed by atoms with van der Waals surface area (Å²) in [5.41, 5.74) is 2.19. The highest BCUT2D eigenvalue weighted by atomic mass is 16.7. The highest BCUT2D eigenvalue weighted by molar-refractivity contribution is 6.23. The molecule has 3 rings (SSSR count). The number of carbonyl (C=O) groups is 1. The minimum atomic E-state index is -0.870. The van der Waals surface area contributed by atoms with Crippen LogP contribution in [0.1, 0.15) is 29.5 Å². The maximum atomic E-state index is 13.3. The van der Waals surface area contributed by atoms with Gasteiger partial charge in [-0.1, -0.05) is 23.8 Å². The van der Waals surface area contributed by atoms with Crippen LogP contribution in [0.2, 0.25) is 0 Å². The van der Waals surface area contributed by atoms with E-state index in [9.17, 15) is 9.90 Å². The summed E-state index contributed by atoms with van der Waals surface area (Å²) < 4.78 is 5.05. The van der Waals surface area contributed by atoms with E-state index >= 15 is 0 Å². The van der Waals surface area contributed by atoms with Gasteiger partial charge < -0.3 is 14.7 Å². The molecular weight excluding hydrogens is 348 g/mol. The van der Waals surface area contributed by atoms with E-state index in [0.29, 0.717) is 38.1 Å². The number of methoxy groups -OCH3 is 1. The van der Waals surface area contributed by atoms with Crippen LogP contribution in [0.5, 0.6) is 0 Å². The SMILES string of the molecule is COCCON1C(=O)C(c2cc(C)ccc2C)=C(O)C12CCN(OC)CC2. The number of hydrogen-bond donors (Lipinski definition) is 1. The van der Waals surface area contributed by atoms with Crippen LogP contribution >= 0.6 is 0 Å². The van der Waals surface area contributed by atoms with Crippen molar-refractivity contribution in [3.63, 3.8) is 0 Å². The lowest BCUT2D eigenvalue weighted by molar-refractivity contribution is -0.235. The molecule has 0 saturated carbocycles. The van der Waals surface area contributed by atoms with E-state index in [4.69, 9.17) is 14.4 Å². The number of rotatable bonds is 6. The molecule has 27 heavy (non-hydrogen) atoms. The second-order valence-electron chi connectivity index (χ2n) is 7.11. The number of amides is 1. The number of hydrogen-bond acceptors (Lipinski definition) is 6. The van der Waals surface area contributed by atoms with Gasteiger partial charge in [-0.3, -0.25) is 9.63 Å². The van der Waals surface area contributed by atoms with Crippen molar-refractivity contribution < 1.29 is 24.3 Å². The molecule has 148 valence electrons. The zero-order valence-corrected chi connectivity index (χ0v) is 16.4. The van der Waals surface area contributed by atoms with Gasteiger partial charge in [0, 0.05) is 20.2 Å². The van der Waals surface area contributed by atoms with Gasteiger partial charge >= 0.3 is 0 Å².